The number of rotatable bonds is 8. The number of hydrogen-bond donors (Lipinski definition) is 2. The summed E-state index contributed by atoms with van der Waals surface area (Å²) in [6.45, 7) is 10.0. The van der Waals surface area contributed by atoms with Gasteiger partial charge in [-0.3, -0.25) is 9.59 Å². The molecule has 5 heteroatoms. The van der Waals surface area contributed by atoms with E-state index in [0.717, 1.165) is 19.5 Å². The highest BCUT2D eigenvalue weighted by Gasteiger charge is 2.21. The molecule has 0 spiro atoms. The van der Waals surface area contributed by atoms with E-state index in [1.807, 2.05) is 39.0 Å². The highest BCUT2D eigenvalue weighted by molar-refractivity contribution is 5.87. The first-order valence-corrected chi connectivity index (χ1v) is 8.19. The van der Waals surface area contributed by atoms with E-state index < -0.39 is 5.41 Å². The van der Waals surface area contributed by atoms with Gasteiger partial charge in [-0.05, 0) is 25.5 Å². The monoisotopic (exact) mass is 319 g/mol. The second kappa shape index (κ2) is 9.18. The normalized spacial score (nSPS) is 11.0. The molecule has 2 amide bonds. The summed E-state index contributed by atoms with van der Waals surface area (Å²) in [7, 11) is 0. The predicted octanol–water partition coefficient (Wildman–Crippen LogP) is 2.18. The van der Waals surface area contributed by atoms with Gasteiger partial charge in [0.2, 0.25) is 11.8 Å². The van der Waals surface area contributed by atoms with Gasteiger partial charge < -0.3 is 15.5 Å². The van der Waals surface area contributed by atoms with E-state index in [0.29, 0.717) is 6.54 Å². The molecule has 5 nitrogen and oxygen atoms in total. The highest BCUT2D eigenvalue weighted by Crippen LogP contribution is 2.13. The third-order valence-electron chi connectivity index (χ3n) is 3.52. The Balaban J connectivity index is 2.23. The van der Waals surface area contributed by atoms with E-state index in [-0.39, 0.29) is 18.4 Å². The average Bonchev–Trinajstić information content (AvgIpc) is 2.52. The zero-order valence-corrected chi connectivity index (χ0v) is 14.7. The Bertz CT molecular complexity index is 495. The van der Waals surface area contributed by atoms with Crippen LogP contribution < -0.4 is 15.5 Å². The Labute approximate surface area is 139 Å². The van der Waals surface area contributed by atoms with Gasteiger partial charge >= 0.3 is 0 Å². The van der Waals surface area contributed by atoms with Crippen molar-refractivity contribution in [1.82, 2.24) is 10.6 Å². The average molecular weight is 319 g/mol. The van der Waals surface area contributed by atoms with Crippen molar-refractivity contribution in [2.24, 2.45) is 5.41 Å². The molecule has 0 saturated carbocycles. The molecule has 0 aliphatic carbocycles. The van der Waals surface area contributed by atoms with Crippen molar-refractivity contribution in [2.45, 2.75) is 34.1 Å². The van der Waals surface area contributed by atoms with Crippen LogP contribution in [0, 0.1) is 5.41 Å². The Kier molecular flexibility index (Phi) is 7.59. The minimum atomic E-state index is -0.475. The molecule has 1 aromatic carbocycles. The smallest absolute Gasteiger partial charge is 0.239 e. The van der Waals surface area contributed by atoms with Crippen LogP contribution in [0.25, 0.3) is 0 Å². The molecule has 0 aliphatic heterocycles. The Morgan fingerprint density at radius 1 is 1.09 bits per heavy atom. The number of para-hydroxylation sites is 1. The quantitative estimate of drug-likeness (QED) is 0.722. The van der Waals surface area contributed by atoms with Crippen molar-refractivity contribution in [1.29, 1.82) is 0 Å². The van der Waals surface area contributed by atoms with Crippen LogP contribution >= 0.6 is 0 Å². The van der Waals surface area contributed by atoms with Gasteiger partial charge in [-0.2, -0.15) is 0 Å². The van der Waals surface area contributed by atoms with Crippen molar-refractivity contribution in [3.8, 4) is 0 Å². The molecular weight excluding hydrogens is 290 g/mol. The number of carbonyl (C=O) groups is 2. The maximum atomic E-state index is 11.7. The largest absolute Gasteiger partial charge is 0.372 e. The van der Waals surface area contributed by atoms with Gasteiger partial charge in [0.15, 0.2) is 0 Å². The minimum Gasteiger partial charge on any atom is -0.372 e. The van der Waals surface area contributed by atoms with Gasteiger partial charge in [0.05, 0.1) is 6.54 Å². The topological polar surface area (TPSA) is 61.4 Å². The lowest BCUT2D eigenvalue weighted by Crippen LogP contribution is -2.42. The van der Waals surface area contributed by atoms with E-state index in [1.165, 1.54) is 5.69 Å². The second-order valence-electron chi connectivity index (χ2n) is 6.55. The molecule has 0 unspecified atom stereocenters. The summed E-state index contributed by atoms with van der Waals surface area (Å²) in [6.07, 6.45) is 0.863. The fourth-order valence-corrected chi connectivity index (χ4v) is 2.09. The fraction of sp³-hybridized carbons (Fsp3) is 0.556. The molecule has 1 rings (SSSR count). The van der Waals surface area contributed by atoms with Gasteiger partial charge in [-0.1, -0.05) is 39.0 Å². The van der Waals surface area contributed by atoms with Crippen LogP contribution in [-0.4, -0.2) is 38.0 Å². The minimum absolute atomic E-state index is 0.0340. The summed E-state index contributed by atoms with van der Waals surface area (Å²) >= 11 is 0. The maximum Gasteiger partial charge on any atom is 0.239 e. The van der Waals surface area contributed by atoms with Gasteiger partial charge in [0.1, 0.15) is 0 Å². The lowest BCUT2D eigenvalue weighted by atomic mass is 9.96. The van der Waals surface area contributed by atoms with Crippen molar-refractivity contribution >= 4 is 17.5 Å². The molecule has 0 aliphatic rings. The first-order chi connectivity index (χ1) is 10.8. The molecule has 0 atom stereocenters. The molecule has 128 valence electrons. The van der Waals surface area contributed by atoms with E-state index >= 15 is 0 Å². The summed E-state index contributed by atoms with van der Waals surface area (Å²) in [6, 6.07) is 10.2. The SMILES string of the molecule is CCN(CCCNC(=O)CNC(=O)C(C)(C)C)c1ccccc1. The zero-order chi connectivity index (χ0) is 17.3. The molecule has 0 radical (unpaired) electrons. The van der Waals surface area contributed by atoms with Crippen molar-refractivity contribution in [3.63, 3.8) is 0 Å². The summed E-state index contributed by atoms with van der Waals surface area (Å²) in [4.78, 5) is 25.7. The molecule has 0 fully saturated rings. The number of hydrogen-bond acceptors (Lipinski definition) is 3. The van der Waals surface area contributed by atoms with Crippen molar-refractivity contribution in [3.05, 3.63) is 30.3 Å². The van der Waals surface area contributed by atoms with Crippen LogP contribution in [0.2, 0.25) is 0 Å². The van der Waals surface area contributed by atoms with Crippen LogP contribution in [0.5, 0.6) is 0 Å². The van der Waals surface area contributed by atoms with E-state index in [1.54, 1.807) is 0 Å². The molecule has 0 heterocycles. The number of amides is 2. The summed E-state index contributed by atoms with van der Waals surface area (Å²) in [5.41, 5.74) is 0.719. The highest BCUT2D eigenvalue weighted by atomic mass is 16.2. The predicted molar refractivity (Wildman–Crippen MR) is 94.4 cm³/mol. The van der Waals surface area contributed by atoms with Crippen molar-refractivity contribution < 1.29 is 9.59 Å². The first kappa shape index (κ1) is 19.0. The van der Waals surface area contributed by atoms with Gasteiger partial charge in [-0.25, -0.2) is 0 Å². The fourth-order valence-electron chi connectivity index (χ4n) is 2.09. The number of benzene rings is 1. The van der Waals surface area contributed by atoms with Crippen LogP contribution in [0.4, 0.5) is 5.69 Å². The summed E-state index contributed by atoms with van der Waals surface area (Å²) < 4.78 is 0. The molecule has 2 N–H and O–H groups in total. The third-order valence-corrected chi connectivity index (χ3v) is 3.52. The van der Waals surface area contributed by atoms with Crippen LogP contribution in [0.1, 0.15) is 34.1 Å². The van der Waals surface area contributed by atoms with Gasteiger partial charge in [-0.15, -0.1) is 0 Å². The molecular formula is C18H29N3O2. The van der Waals surface area contributed by atoms with Gasteiger partial charge in [0, 0.05) is 30.7 Å². The van der Waals surface area contributed by atoms with E-state index in [9.17, 15) is 9.59 Å². The first-order valence-electron chi connectivity index (χ1n) is 8.19. The van der Waals surface area contributed by atoms with Crippen LogP contribution in [-0.2, 0) is 9.59 Å². The number of nitrogens with one attached hydrogen (secondary N) is 2. The van der Waals surface area contributed by atoms with Crippen LogP contribution in [0.3, 0.4) is 0 Å². The summed E-state index contributed by atoms with van der Waals surface area (Å²) in [5, 5.41) is 5.49. The molecule has 0 aromatic heterocycles. The lowest BCUT2D eigenvalue weighted by Gasteiger charge is -2.23. The van der Waals surface area contributed by atoms with E-state index in [2.05, 4.69) is 34.6 Å². The maximum absolute atomic E-state index is 11.7. The Hall–Kier alpha value is -2.04. The number of carbonyl (C=O) groups excluding carboxylic acids is 2. The van der Waals surface area contributed by atoms with E-state index in [4.69, 9.17) is 0 Å². The Morgan fingerprint density at radius 2 is 1.74 bits per heavy atom. The van der Waals surface area contributed by atoms with Crippen LogP contribution in [0.15, 0.2) is 30.3 Å². The Morgan fingerprint density at radius 3 is 2.30 bits per heavy atom. The molecule has 0 saturated heterocycles. The molecule has 23 heavy (non-hydrogen) atoms. The lowest BCUT2D eigenvalue weighted by molar-refractivity contribution is -0.131. The van der Waals surface area contributed by atoms with Gasteiger partial charge in [0.25, 0.3) is 0 Å². The summed E-state index contributed by atoms with van der Waals surface area (Å²) in [5.74, 6) is -0.265. The zero-order valence-electron chi connectivity index (χ0n) is 14.7. The standard InChI is InChI=1S/C18H29N3O2/c1-5-21(15-10-7-6-8-11-15)13-9-12-19-16(22)14-20-17(23)18(2,3)4/h6-8,10-11H,5,9,12-14H2,1-4H3,(H,19,22)(H,20,23). The third kappa shape index (κ3) is 7.17. The van der Waals surface area contributed by atoms with Crippen molar-refractivity contribution in [2.75, 3.05) is 31.1 Å². The number of anilines is 1. The molecule has 1 aromatic rings. The second-order valence-corrected chi connectivity index (χ2v) is 6.55. The number of nitrogens with zero attached hydrogens (tertiary/aromatic N) is 1. The molecule has 0 bridgehead atoms.